The van der Waals surface area contributed by atoms with E-state index >= 15 is 0 Å². The van der Waals surface area contributed by atoms with Crippen LogP contribution in [0.25, 0.3) is 0 Å². The molecule has 0 fully saturated rings. The summed E-state index contributed by atoms with van der Waals surface area (Å²) in [5.41, 5.74) is 0. The number of phosphoric ester groups is 2. The van der Waals surface area contributed by atoms with E-state index in [9.17, 15) is 43.2 Å². The zero-order valence-electron chi connectivity index (χ0n) is 70.1. The summed E-state index contributed by atoms with van der Waals surface area (Å²) in [6.45, 7) is 14.3. The Morgan fingerprint density at radius 1 is 0.236 bits per heavy atom. The molecule has 0 saturated heterocycles. The summed E-state index contributed by atoms with van der Waals surface area (Å²) in [5, 5.41) is 10.7. The first-order chi connectivity index (χ1) is 51.1. The molecule has 3 N–H and O–H groups in total. The van der Waals surface area contributed by atoms with Gasteiger partial charge in [0.2, 0.25) is 0 Å². The topological polar surface area (TPSA) is 237 Å². The van der Waals surface area contributed by atoms with Crippen molar-refractivity contribution in [2.24, 2.45) is 23.7 Å². The fraction of sp³-hybridized carbons (Fsp3) is 0.954. The van der Waals surface area contributed by atoms with Crippen molar-refractivity contribution in [1.82, 2.24) is 0 Å². The van der Waals surface area contributed by atoms with E-state index in [4.69, 9.17) is 37.0 Å². The van der Waals surface area contributed by atoms with Gasteiger partial charge in [-0.1, -0.05) is 402 Å². The number of rotatable bonds is 84. The SMILES string of the molecule is CC(C)CCCCCCCCCCCCCCCCCCCCC(=O)O[C@H](COC(=O)CCCCCCCCC(C)C)COP(=O)(O)OCC(O)COP(=O)(O)OC[C@@H](COC(=O)CCCCCCCCCCCCCCCCC(C)C)OC(=O)CCCCCCCCCCCCCCCCCCC(C)C. The molecule has 5 atom stereocenters. The van der Waals surface area contributed by atoms with E-state index in [0.29, 0.717) is 31.6 Å². The van der Waals surface area contributed by atoms with Gasteiger partial charge in [0.25, 0.3) is 0 Å². The Balaban J connectivity index is 5.20. The molecule has 3 unspecified atom stereocenters. The van der Waals surface area contributed by atoms with Gasteiger partial charge in [-0.25, -0.2) is 9.13 Å². The van der Waals surface area contributed by atoms with Crippen LogP contribution in [0.2, 0.25) is 0 Å². The summed E-state index contributed by atoms with van der Waals surface area (Å²) >= 11 is 0. The predicted octanol–water partition coefficient (Wildman–Crippen LogP) is 26.3. The molecule has 0 radical (unpaired) electrons. The minimum absolute atomic E-state index is 0.107. The molecule has 0 aliphatic heterocycles. The van der Waals surface area contributed by atoms with E-state index in [1.54, 1.807) is 0 Å². The van der Waals surface area contributed by atoms with E-state index in [0.717, 1.165) is 114 Å². The molecule has 0 aliphatic rings. The lowest BCUT2D eigenvalue weighted by Gasteiger charge is -2.21. The molecule has 0 aromatic heterocycles. The molecule has 19 heteroatoms. The van der Waals surface area contributed by atoms with Gasteiger partial charge in [0.1, 0.15) is 19.3 Å². The maximum absolute atomic E-state index is 13.1. The highest BCUT2D eigenvalue weighted by atomic mass is 31.2. The summed E-state index contributed by atoms with van der Waals surface area (Å²) in [6.07, 6.45) is 65.5. The molecular formula is C87H170O17P2. The number of aliphatic hydroxyl groups is 1. The molecule has 0 rings (SSSR count). The van der Waals surface area contributed by atoms with Crippen LogP contribution in [0.15, 0.2) is 0 Å². The van der Waals surface area contributed by atoms with E-state index in [1.807, 2.05) is 0 Å². The van der Waals surface area contributed by atoms with Crippen molar-refractivity contribution in [2.45, 2.75) is 472 Å². The summed E-state index contributed by atoms with van der Waals surface area (Å²) in [4.78, 5) is 73.2. The zero-order chi connectivity index (χ0) is 78.1. The minimum atomic E-state index is -4.97. The molecule has 17 nitrogen and oxygen atoms in total. The fourth-order valence-corrected chi connectivity index (χ4v) is 15.1. The van der Waals surface area contributed by atoms with Gasteiger partial charge in [-0.15, -0.1) is 0 Å². The fourth-order valence-electron chi connectivity index (χ4n) is 13.5. The molecule has 0 saturated carbocycles. The molecule has 0 aromatic carbocycles. The normalized spacial score (nSPS) is 13.9. The first-order valence-electron chi connectivity index (χ1n) is 44.7. The maximum Gasteiger partial charge on any atom is 0.472 e. The van der Waals surface area contributed by atoms with Crippen LogP contribution in [-0.2, 0) is 65.4 Å². The van der Waals surface area contributed by atoms with Gasteiger partial charge in [-0.05, 0) is 49.4 Å². The second-order valence-corrected chi connectivity index (χ2v) is 36.1. The van der Waals surface area contributed by atoms with Crippen molar-refractivity contribution in [3.63, 3.8) is 0 Å². The highest BCUT2D eigenvalue weighted by Crippen LogP contribution is 2.45. The minimum Gasteiger partial charge on any atom is -0.462 e. The number of aliphatic hydroxyl groups excluding tert-OH is 1. The van der Waals surface area contributed by atoms with Gasteiger partial charge in [0, 0.05) is 25.7 Å². The highest BCUT2D eigenvalue weighted by Gasteiger charge is 2.31. The predicted molar refractivity (Wildman–Crippen MR) is 437 cm³/mol. The van der Waals surface area contributed by atoms with Crippen LogP contribution in [0.1, 0.15) is 453 Å². The third-order valence-corrected chi connectivity index (χ3v) is 22.2. The van der Waals surface area contributed by atoms with Crippen LogP contribution >= 0.6 is 15.6 Å². The van der Waals surface area contributed by atoms with Crippen molar-refractivity contribution >= 4 is 39.5 Å². The first kappa shape index (κ1) is 104. The maximum atomic E-state index is 13.1. The monoisotopic (exact) mass is 1550 g/mol. The highest BCUT2D eigenvalue weighted by molar-refractivity contribution is 7.47. The number of phosphoric acid groups is 2. The number of hydrogen-bond donors (Lipinski definition) is 3. The molecule has 0 amide bonds. The van der Waals surface area contributed by atoms with Gasteiger partial charge in [0.15, 0.2) is 12.2 Å². The lowest BCUT2D eigenvalue weighted by Crippen LogP contribution is -2.30. The zero-order valence-corrected chi connectivity index (χ0v) is 71.9. The second-order valence-electron chi connectivity index (χ2n) is 33.2. The van der Waals surface area contributed by atoms with E-state index < -0.39 is 97.5 Å². The number of hydrogen-bond acceptors (Lipinski definition) is 15. The second kappa shape index (κ2) is 75.7. The van der Waals surface area contributed by atoms with Crippen LogP contribution in [0.5, 0.6) is 0 Å². The van der Waals surface area contributed by atoms with Gasteiger partial charge in [0.05, 0.1) is 26.4 Å². The lowest BCUT2D eigenvalue weighted by molar-refractivity contribution is -0.161. The van der Waals surface area contributed by atoms with Gasteiger partial charge < -0.3 is 33.8 Å². The van der Waals surface area contributed by atoms with Gasteiger partial charge >= 0.3 is 39.5 Å². The van der Waals surface area contributed by atoms with Crippen molar-refractivity contribution in [2.75, 3.05) is 39.6 Å². The van der Waals surface area contributed by atoms with E-state index in [-0.39, 0.29) is 25.7 Å². The first-order valence-corrected chi connectivity index (χ1v) is 47.7. The molecule has 106 heavy (non-hydrogen) atoms. The quantitative estimate of drug-likeness (QED) is 0.0222. The van der Waals surface area contributed by atoms with Gasteiger partial charge in [-0.3, -0.25) is 37.3 Å². The third kappa shape index (κ3) is 80.1. The number of ether oxygens (including phenoxy) is 4. The number of unbranched alkanes of at least 4 members (excludes halogenated alkanes) is 50. The Hall–Kier alpha value is -1.94. The Kier molecular flexibility index (Phi) is 74.3. The molecule has 0 aliphatic carbocycles. The summed E-state index contributed by atoms with van der Waals surface area (Å²) in [7, 11) is -9.93. The summed E-state index contributed by atoms with van der Waals surface area (Å²) in [5.74, 6) is 1.000. The Labute approximate surface area is 651 Å². The van der Waals surface area contributed by atoms with Crippen molar-refractivity contribution in [3.8, 4) is 0 Å². The van der Waals surface area contributed by atoms with Crippen LogP contribution in [0, 0.1) is 23.7 Å². The van der Waals surface area contributed by atoms with Crippen molar-refractivity contribution in [1.29, 1.82) is 0 Å². The number of carbonyl (C=O) groups is 4. The summed E-state index contributed by atoms with van der Waals surface area (Å²) in [6, 6.07) is 0. The Morgan fingerprint density at radius 2 is 0.396 bits per heavy atom. The molecular weight excluding hydrogens is 1380 g/mol. The molecule has 0 heterocycles. The smallest absolute Gasteiger partial charge is 0.462 e. The van der Waals surface area contributed by atoms with Gasteiger partial charge in [-0.2, -0.15) is 0 Å². The Morgan fingerprint density at radius 3 is 0.585 bits per heavy atom. The molecule has 630 valence electrons. The Bertz CT molecular complexity index is 2060. The largest absolute Gasteiger partial charge is 0.472 e. The van der Waals surface area contributed by atoms with E-state index in [2.05, 4.69) is 55.4 Å². The molecule has 0 aromatic rings. The number of carbonyl (C=O) groups excluding carboxylic acids is 4. The molecule has 0 spiro atoms. The standard InChI is InChI=1S/C87H170O17P2/c1-77(2)63-55-47-39-33-27-21-15-11-9-10-12-17-25-31-37-43-53-62-70-87(92)104-83(74-98-85(90)68-60-52-46-45-50-58-66-80(7)8)76-102-106(95,96)100-72-81(88)71-99-105(93,94)101-75-82(73-97-84(89)67-59-51-42-36-30-24-20-19-23-29-35-41-49-57-65-79(5)6)103-86(91)69-61-54-44-38-32-26-18-14-13-16-22-28-34-40-48-56-64-78(3)4/h77-83,88H,9-76H2,1-8H3,(H,93,94)(H,95,96)/t81?,82-,83-/m1/s1. The number of esters is 4. The van der Waals surface area contributed by atoms with Crippen molar-refractivity contribution in [3.05, 3.63) is 0 Å². The van der Waals surface area contributed by atoms with Crippen molar-refractivity contribution < 1.29 is 80.2 Å². The average Bonchev–Trinajstić information content (AvgIpc) is 0.905. The average molecular weight is 1550 g/mol. The van der Waals surface area contributed by atoms with Crippen LogP contribution in [-0.4, -0.2) is 96.7 Å². The molecule has 0 bridgehead atoms. The van der Waals surface area contributed by atoms with E-state index in [1.165, 1.54) is 250 Å². The summed E-state index contributed by atoms with van der Waals surface area (Å²) < 4.78 is 68.9. The van der Waals surface area contributed by atoms with Crippen LogP contribution in [0.4, 0.5) is 0 Å². The van der Waals surface area contributed by atoms with Crippen LogP contribution < -0.4 is 0 Å². The van der Waals surface area contributed by atoms with Crippen LogP contribution in [0.3, 0.4) is 0 Å². The lowest BCUT2D eigenvalue weighted by atomic mass is 10.0. The third-order valence-electron chi connectivity index (χ3n) is 20.3.